The highest BCUT2D eigenvalue weighted by atomic mass is 79.9. The van der Waals surface area contributed by atoms with Crippen molar-refractivity contribution in [2.24, 2.45) is 0 Å². The number of benzene rings is 2. The molecule has 0 bridgehead atoms. The molecule has 0 aliphatic rings. The van der Waals surface area contributed by atoms with Gasteiger partial charge < -0.3 is 9.84 Å². The van der Waals surface area contributed by atoms with Gasteiger partial charge in [0.25, 0.3) is 0 Å². The molecule has 0 fully saturated rings. The molecule has 1 N–H and O–H groups in total. The van der Waals surface area contributed by atoms with Crippen molar-refractivity contribution in [1.29, 1.82) is 0 Å². The van der Waals surface area contributed by atoms with Crippen molar-refractivity contribution in [2.75, 3.05) is 7.11 Å². The molecule has 2 aromatic carbocycles. The van der Waals surface area contributed by atoms with Crippen molar-refractivity contribution in [3.63, 3.8) is 0 Å². The molecule has 0 saturated heterocycles. The Kier molecular flexibility index (Phi) is 5.13. The van der Waals surface area contributed by atoms with E-state index in [1.165, 1.54) is 0 Å². The lowest BCUT2D eigenvalue weighted by atomic mass is 9.99. The summed E-state index contributed by atoms with van der Waals surface area (Å²) in [4.78, 5) is 0. The van der Waals surface area contributed by atoms with Gasteiger partial charge in [0.05, 0.1) is 11.6 Å². The molecule has 1 unspecified atom stereocenters. The van der Waals surface area contributed by atoms with E-state index in [9.17, 15) is 5.11 Å². The van der Waals surface area contributed by atoms with E-state index in [4.69, 9.17) is 16.3 Å². The highest BCUT2D eigenvalue weighted by molar-refractivity contribution is 9.10. The van der Waals surface area contributed by atoms with Gasteiger partial charge in [-0.1, -0.05) is 39.7 Å². The number of halogens is 3. The van der Waals surface area contributed by atoms with Crippen molar-refractivity contribution < 1.29 is 9.84 Å². The largest absolute Gasteiger partial charge is 0.495 e. The average molecular weight is 421 g/mol. The van der Waals surface area contributed by atoms with Gasteiger partial charge in [-0.05, 0) is 52.2 Å². The second-order valence-corrected chi connectivity index (χ2v) is 6.57. The van der Waals surface area contributed by atoms with Crippen molar-refractivity contribution in [3.8, 4) is 5.75 Å². The fourth-order valence-electron chi connectivity index (χ4n) is 2.02. The van der Waals surface area contributed by atoms with E-state index in [2.05, 4.69) is 31.9 Å². The minimum atomic E-state index is -0.799. The number of aliphatic hydroxyl groups is 1. The molecule has 106 valence electrons. The third-order valence-electron chi connectivity index (χ3n) is 3.03. The van der Waals surface area contributed by atoms with E-state index in [0.29, 0.717) is 16.3 Å². The number of methoxy groups -OCH3 is 1. The van der Waals surface area contributed by atoms with Gasteiger partial charge in [0.1, 0.15) is 11.9 Å². The number of hydrogen-bond donors (Lipinski definition) is 1. The summed E-state index contributed by atoms with van der Waals surface area (Å²) >= 11 is 12.9. The van der Waals surface area contributed by atoms with Gasteiger partial charge >= 0.3 is 0 Å². The second-order valence-electron chi connectivity index (χ2n) is 4.42. The molecule has 0 aliphatic heterocycles. The van der Waals surface area contributed by atoms with Crippen LogP contribution in [0.3, 0.4) is 0 Å². The van der Waals surface area contributed by atoms with Crippen molar-refractivity contribution >= 4 is 43.5 Å². The van der Waals surface area contributed by atoms with Gasteiger partial charge in [-0.3, -0.25) is 0 Å². The molecule has 2 nitrogen and oxygen atoms in total. The van der Waals surface area contributed by atoms with Crippen LogP contribution >= 0.6 is 43.5 Å². The topological polar surface area (TPSA) is 29.5 Å². The Labute approximate surface area is 140 Å². The fraction of sp³-hybridized carbons (Fsp3) is 0.200. The highest BCUT2D eigenvalue weighted by Crippen LogP contribution is 2.38. The summed E-state index contributed by atoms with van der Waals surface area (Å²) < 4.78 is 7.08. The molecular weight excluding hydrogens is 407 g/mol. The molecule has 0 aromatic heterocycles. The Bertz CT molecular complexity index is 644. The van der Waals surface area contributed by atoms with Crippen LogP contribution in [-0.2, 0) is 0 Å². The van der Waals surface area contributed by atoms with Crippen LogP contribution in [0.2, 0.25) is 5.02 Å². The number of rotatable bonds is 3. The van der Waals surface area contributed by atoms with Crippen LogP contribution in [0.25, 0.3) is 0 Å². The van der Waals surface area contributed by atoms with E-state index >= 15 is 0 Å². The zero-order valence-electron chi connectivity index (χ0n) is 11.0. The van der Waals surface area contributed by atoms with Crippen LogP contribution in [-0.4, -0.2) is 12.2 Å². The first-order valence-electron chi connectivity index (χ1n) is 5.91. The zero-order valence-corrected chi connectivity index (χ0v) is 14.9. The average Bonchev–Trinajstić information content (AvgIpc) is 2.40. The van der Waals surface area contributed by atoms with Crippen LogP contribution in [0.5, 0.6) is 5.75 Å². The van der Waals surface area contributed by atoms with Crippen LogP contribution in [0.4, 0.5) is 0 Å². The maximum atomic E-state index is 10.6. The molecule has 5 heteroatoms. The predicted molar refractivity (Wildman–Crippen MR) is 88.6 cm³/mol. The summed E-state index contributed by atoms with van der Waals surface area (Å²) in [6.07, 6.45) is -0.799. The van der Waals surface area contributed by atoms with Gasteiger partial charge in [-0.15, -0.1) is 0 Å². The summed E-state index contributed by atoms with van der Waals surface area (Å²) in [5.74, 6) is 0.586. The van der Waals surface area contributed by atoms with Crippen molar-refractivity contribution in [1.82, 2.24) is 0 Å². The summed E-state index contributed by atoms with van der Waals surface area (Å²) in [6.45, 7) is 1.98. The Morgan fingerprint density at radius 3 is 2.45 bits per heavy atom. The second kappa shape index (κ2) is 6.48. The lowest BCUT2D eigenvalue weighted by molar-refractivity contribution is 0.214. The number of aliphatic hydroxyl groups excluding tert-OH is 1. The molecule has 2 aromatic rings. The summed E-state index contributed by atoms with van der Waals surface area (Å²) in [7, 11) is 1.57. The number of aryl methyl sites for hydroxylation is 1. The molecule has 1 atom stereocenters. The molecule has 20 heavy (non-hydrogen) atoms. The first-order chi connectivity index (χ1) is 9.43. The normalized spacial score (nSPS) is 12.3. The SMILES string of the molecule is COc1c(Br)cc(Cl)cc1C(O)c1ccc(Br)c(C)c1. The highest BCUT2D eigenvalue weighted by Gasteiger charge is 2.19. The molecule has 0 saturated carbocycles. The maximum Gasteiger partial charge on any atom is 0.139 e. The summed E-state index contributed by atoms with van der Waals surface area (Å²) in [5, 5.41) is 11.1. The molecular formula is C15H13Br2ClO2. The quantitative estimate of drug-likeness (QED) is 0.734. The minimum Gasteiger partial charge on any atom is -0.495 e. The molecule has 0 aliphatic carbocycles. The number of ether oxygens (including phenoxy) is 1. The van der Waals surface area contributed by atoms with Crippen LogP contribution < -0.4 is 4.74 Å². The van der Waals surface area contributed by atoms with Crippen molar-refractivity contribution in [2.45, 2.75) is 13.0 Å². The molecule has 2 rings (SSSR count). The maximum absolute atomic E-state index is 10.6. The van der Waals surface area contributed by atoms with E-state index in [1.807, 2.05) is 25.1 Å². The minimum absolute atomic E-state index is 0.542. The van der Waals surface area contributed by atoms with Gasteiger partial charge in [0.15, 0.2) is 0 Å². The fourth-order valence-corrected chi connectivity index (χ4v) is 3.26. The van der Waals surface area contributed by atoms with Crippen LogP contribution in [0.15, 0.2) is 39.3 Å². The monoisotopic (exact) mass is 418 g/mol. The Morgan fingerprint density at radius 2 is 1.85 bits per heavy atom. The first-order valence-corrected chi connectivity index (χ1v) is 7.87. The predicted octanol–water partition coefficient (Wildman–Crippen LogP) is 5.26. The van der Waals surface area contributed by atoms with Crippen LogP contribution in [0.1, 0.15) is 22.8 Å². The van der Waals surface area contributed by atoms with Gasteiger partial charge in [-0.2, -0.15) is 0 Å². The van der Waals surface area contributed by atoms with Gasteiger partial charge in [0.2, 0.25) is 0 Å². The molecule has 0 radical (unpaired) electrons. The summed E-state index contributed by atoms with van der Waals surface area (Å²) in [6, 6.07) is 9.18. The molecule has 0 spiro atoms. The van der Waals surface area contributed by atoms with E-state index in [0.717, 1.165) is 20.1 Å². The van der Waals surface area contributed by atoms with E-state index in [-0.39, 0.29) is 0 Å². The number of hydrogen-bond acceptors (Lipinski definition) is 2. The summed E-state index contributed by atoms with van der Waals surface area (Å²) in [5.41, 5.74) is 2.48. The Balaban J connectivity index is 2.52. The Morgan fingerprint density at radius 1 is 1.15 bits per heavy atom. The third kappa shape index (κ3) is 3.19. The van der Waals surface area contributed by atoms with Crippen LogP contribution in [0, 0.1) is 6.92 Å². The zero-order chi connectivity index (χ0) is 14.9. The lowest BCUT2D eigenvalue weighted by Crippen LogP contribution is -2.03. The first kappa shape index (κ1) is 15.8. The van der Waals surface area contributed by atoms with Gasteiger partial charge in [0, 0.05) is 15.1 Å². The van der Waals surface area contributed by atoms with Gasteiger partial charge in [-0.25, -0.2) is 0 Å². The standard InChI is InChI=1S/C15H13Br2ClO2/c1-8-5-9(3-4-12(8)16)14(19)11-6-10(18)7-13(17)15(11)20-2/h3-7,14,19H,1-2H3. The Hall–Kier alpha value is -0.550. The smallest absolute Gasteiger partial charge is 0.139 e. The van der Waals surface area contributed by atoms with E-state index < -0.39 is 6.10 Å². The van der Waals surface area contributed by atoms with E-state index in [1.54, 1.807) is 19.2 Å². The molecule has 0 heterocycles. The van der Waals surface area contributed by atoms with Crippen molar-refractivity contribution in [3.05, 3.63) is 61.0 Å². The lowest BCUT2D eigenvalue weighted by Gasteiger charge is -2.17. The molecule has 0 amide bonds. The third-order valence-corrected chi connectivity index (χ3v) is 4.73.